The average molecular weight is 275 g/mol. The number of nitrogens with zero attached hydrogens (tertiary/aromatic N) is 2. The van der Waals surface area contributed by atoms with Gasteiger partial charge < -0.3 is 5.32 Å². The molecule has 1 fully saturated rings. The van der Waals surface area contributed by atoms with Crippen LogP contribution < -0.4 is 5.32 Å². The SMILES string of the molecule is O=S1C(=S)NC/C1=C/c1cnc2ccccc2n1. The van der Waals surface area contributed by atoms with E-state index in [0.717, 1.165) is 15.9 Å². The Bertz CT molecular complexity index is 697. The summed E-state index contributed by atoms with van der Waals surface area (Å²) in [4.78, 5) is 9.50. The molecule has 4 nitrogen and oxygen atoms in total. The quantitative estimate of drug-likeness (QED) is 0.801. The summed E-state index contributed by atoms with van der Waals surface area (Å²) in [5, 5.41) is 2.89. The first-order valence-electron chi connectivity index (χ1n) is 5.36. The number of aromatic nitrogens is 2. The van der Waals surface area contributed by atoms with Crippen molar-refractivity contribution >= 4 is 44.4 Å². The Morgan fingerprint density at radius 1 is 1.33 bits per heavy atom. The molecule has 0 aliphatic carbocycles. The molecule has 1 aromatic carbocycles. The second-order valence-electron chi connectivity index (χ2n) is 3.80. The van der Waals surface area contributed by atoms with Gasteiger partial charge in [-0.1, -0.05) is 12.1 Å². The summed E-state index contributed by atoms with van der Waals surface area (Å²) in [5.74, 6) is 0. The third-order valence-corrected chi connectivity index (χ3v) is 4.41. The van der Waals surface area contributed by atoms with Crippen LogP contribution in [-0.4, -0.2) is 25.0 Å². The second-order valence-corrected chi connectivity index (χ2v) is 5.94. The molecule has 2 aromatic rings. The Morgan fingerprint density at radius 3 is 2.83 bits per heavy atom. The van der Waals surface area contributed by atoms with Crippen molar-refractivity contribution in [2.45, 2.75) is 0 Å². The first kappa shape index (κ1) is 11.4. The number of hydrogen-bond donors (Lipinski definition) is 1. The van der Waals surface area contributed by atoms with Gasteiger partial charge >= 0.3 is 0 Å². The predicted molar refractivity (Wildman–Crippen MR) is 76.3 cm³/mol. The summed E-state index contributed by atoms with van der Waals surface area (Å²) in [6, 6.07) is 7.64. The van der Waals surface area contributed by atoms with E-state index in [2.05, 4.69) is 15.3 Å². The lowest BCUT2D eigenvalue weighted by Crippen LogP contribution is -2.12. The van der Waals surface area contributed by atoms with E-state index in [9.17, 15) is 4.21 Å². The van der Waals surface area contributed by atoms with E-state index >= 15 is 0 Å². The summed E-state index contributed by atoms with van der Waals surface area (Å²) in [6.45, 7) is 0.514. The first-order chi connectivity index (χ1) is 8.74. The Kier molecular flexibility index (Phi) is 2.89. The maximum atomic E-state index is 11.8. The van der Waals surface area contributed by atoms with Crippen LogP contribution in [0.1, 0.15) is 5.69 Å². The molecule has 1 aliphatic rings. The normalized spacial score (nSPS) is 21.4. The molecular formula is C12H9N3OS2. The van der Waals surface area contributed by atoms with Gasteiger partial charge in [0.25, 0.3) is 0 Å². The largest absolute Gasteiger partial charge is 0.364 e. The topological polar surface area (TPSA) is 54.9 Å². The molecule has 1 atom stereocenters. The third-order valence-electron chi connectivity index (χ3n) is 2.59. The van der Waals surface area contributed by atoms with E-state index in [1.807, 2.05) is 24.3 Å². The lowest BCUT2D eigenvalue weighted by Gasteiger charge is -1.98. The fourth-order valence-corrected chi connectivity index (χ4v) is 2.99. The van der Waals surface area contributed by atoms with Crippen molar-refractivity contribution in [3.63, 3.8) is 0 Å². The molecule has 0 saturated carbocycles. The van der Waals surface area contributed by atoms with Crippen molar-refractivity contribution in [1.29, 1.82) is 0 Å². The maximum Gasteiger partial charge on any atom is 0.169 e. The van der Waals surface area contributed by atoms with E-state index in [0.29, 0.717) is 16.6 Å². The van der Waals surface area contributed by atoms with Crippen LogP contribution in [0.15, 0.2) is 35.4 Å². The number of thiocarbonyl (C=S) groups is 1. The van der Waals surface area contributed by atoms with Crippen molar-refractivity contribution in [2.24, 2.45) is 0 Å². The van der Waals surface area contributed by atoms with Crippen LogP contribution in [0.3, 0.4) is 0 Å². The molecule has 2 heterocycles. The fraction of sp³-hybridized carbons (Fsp3) is 0.0833. The molecule has 1 N–H and O–H groups in total. The molecule has 1 aliphatic heterocycles. The van der Waals surface area contributed by atoms with Crippen molar-refractivity contribution in [2.75, 3.05) is 6.54 Å². The molecule has 3 rings (SSSR count). The van der Waals surface area contributed by atoms with Crippen molar-refractivity contribution < 1.29 is 4.21 Å². The minimum Gasteiger partial charge on any atom is -0.364 e. The Hall–Kier alpha value is -1.66. The first-order valence-corrected chi connectivity index (χ1v) is 6.92. The molecule has 90 valence electrons. The second kappa shape index (κ2) is 4.55. The maximum absolute atomic E-state index is 11.8. The monoisotopic (exact) mass is 275 g/mol. The van der Waals surface area contributed by atoms with E-state index in [1.165, 1.54) is 0 Å². The summed E-state index contributed by atoms with van der Waals surface area (Å²) < 4.78 is 12.1. The zero-order chi connectivity index (χ0) is 12.5. The van der Waals surface area contributed by atoms with Gasteiger partial charge in [-0.05, 0) is 30.4 Å². The zero-order valence-corrected chi connectivity index (χ0v) is 10.9. The number of nitrogens with one attached hydrogen (secondary N) is 1. The molecule has 0 radical (unpaired) electrons. The van der Waals surface area contributed by atoms with Crippen LogP contribution in [0.5, 0.6) is 0 Å². The van der Waals surface area contributed by atoms with Gasteiger partial charge in [0.15, 0.2) is 4.32 Å². The van der Waals surface area contributed by atoms with Gasteiger partial charge in [-0.2, -0.15) is 0 Å². The standard InChI is InChI=1S/C12H9N3OS2/c16-18-9(7-14-12(18)17)5-8-6-13-10-3-1-2-4-11(10)15-8/h1-6H,7H2,(H,14,17)/b9-5-. The van der Waals surface area contributed by atoms with E-state index in [1.54, 1.807) is 12.3 Å². The molecule has 0 bridgehead atoms. The van der Waals surface area contributed by atoms with E-state index in [-0.39, 0.29) is 0 Å². The number of fused-ring (bicyclic) bond motifs is 1. The number of rotatable bonds is 1. The summed E-state index contributed by atoms with van der Waals surface area (Å²) in [6.07, 6.45) is 3.45. The van der Waals surface area contributed by atoms with Gasteiger partial charge in [0.1, 0.15) is 10.8 Å². The minimum atomic E-state index is -1.23. The van der Waals surface area contributed by atoms with E-state index < -0.39 is 10.8 Å². The molecule has 6 heteroatoms. The van der Waals surface area contributed by atoms with Gasteiger partial charge in [-0.3, -0.25) is 4.98 Å². The van der Waals surface area contributed by atoms with Crippen LogP contribution in [-0.2, 0) is 10.8 Å². The Balaban J connectivity index is 2.03. The van der Waals surface area contributed by atoms with Gasteiger partial charge in [0.2, 0.25) is 0 Å². The van der Waals surface area contributed by atoms with Gasteiger partial charge in [-0.15, -0.1) is 0 Å². The molecule has 0 amide bonds. The fourth-order valence-electron chi connectivity index (χ4n) is 1.72. The Labute approximate surface area is 112 Å². The van der Waals surface area contributed by atoms with Crippen molar-refractivity contribution in [1.82, 2.24) is 15.3 Å². The lowest BCUT2D eigenvalue weighted by molar-refractivity contribution is 0.694. The number of para-hydroxylation sites is 2. The molecule has 0 spiro atoms. The summed E-state index contributed by atoms with van der Waals surface area (Å²) in [7, 11) is -1.23. The number of hydrogen-bond acceptors (Lipinski definition) is 4. The molecule has 1 aromatic heterocycles. The molecule has 1 unspecified atom stereocenters. The van der Waals surface area contributed by atoms with E-state index in [4.69, 9.17) is 12.2 Å². The van der Waals surface area contributed by atoms with Crippen LogP contribution >= 0.6 is 12.2 Å². The molecular weight excluding hydrogens is 266 g/mol. The third kappa shape index (κ3) is 2.04. The van der Waals surface area contributed by atoms with Gasteiger partial charge in [-0.25, -0.2) is 9.19 Å². The van der Waals surface area contributed by atoms with Crippen molar-refractivity contribution in [3.8, 4) is 0 Å². The van der Waals surface area contributed by atoms with Gasteiger partial charge in [0, 0.05) is 4.91 Å². The van der Waals surface area contributed by atoms with Crippen LogP contribution in [0.25, 0.3) is 17.1 Å². The van der Waals surface area contributed by atoms with Crippen LogP contribution in [0.4, 0.5) is 0 Å². The lowest BCUT2D eigenvalue weighted by atomic mass is 10.3. The Morgan fingerprint density at radius 2 is 2.11 bits per heavy atom. The van der Waals surface area contributed by atoms with Crippen LogP contribution in [0, 0.1) is 0 Å². The van der Waals surface area contributed by atoms with Crippen LogP contribution in [0.2, 0.25) is 0 Å². The highest BCUT2D eigenvalue weighted by atomic mass is 32.2. The number of benzene rings is 1. The highest BCUT2D eigenvalue weighted by Crippen LogP contribution is 2.15. The van der Waals surface area contributed by atoms with Crippen molar-refractivity contribution in [3.05, 3.63) is 41.1 Å². The highest BCUT2D eigenvalue weighted by molar-refractivity contribution is 8.15. The zero-order valence-electron chi connectivity index (χ0n) is 9.29. The minimum absolute atomic E-state index is 0.384. The average Bonchev–Trinajstić information content (AvgIpc) is 2.71. The molecule has 18 heavy (non-hydrogen) atoms. The smallest absolute Gasteiger partial charge is 0.169 e. The molecule has 1 saturated heterocycles. The predicted octanol–water partition coefficient (Wildman–Crippen LogP) is 1.61. The highest BCUT2D eigenvalue weighted by Gasteiger charge is 2.20. The van der Waals surface area contributed by atoms with Gasteiger partial charge in [0.05, 0.1) is 29.5 Å². The summed E-state index contributed by atoms with van der Waals surface area (Å²) in [5.41, 5.74) is 2.37. The summed E-state index contributed by atoms with van der Waals surface area (Å²) >= 11 is 4.92.